The molecule has 2 unspecified atom stereocenters. The Kier molecular flexibility index (Phi) is 10.8. The molecule has 31 heavy (non-hydrogen) atoms. The number of amides is 2. The van der Waals surface area contributed by atoms with E-state index >= 15 is 0 Å². The Bertz CT molecular complexity index is 617. The van der Waals surface area contributed by atoms with E-state index in [1.165, 1.54) is 6.42 Å². The molecule has 0 aromatic carbocycles. The Balaban J connectivity index is 0.00000341. The number of rotatable bonds is 5. The minimum absolute atomic E-state index is 0. The lowest BCUT2D eigenvalue weighted by Crippen LogP contribution is -2.57. The van der Waals surface area contributed by atoms with Crippen LogP contribution in [0.3, 0.4) is 0 Å². The first-order valence-electron chi connectivity index (χ1n) is 11.8. The predicted molar refractivity (Wildman–Crippen MR) is 135 cm³/mol. The van der Waals surface area contributed by atoms with Crippen LogP contribution < -0.4 is 5.32 Å². The van der Waals surface area contributed by atoms with E-state index in [9.17, 15) is 9.59 Å². The van der Waals surface area contributed by atoms with Crippen molar-refractivity contribution in [1.29, 1.82) is 0 Å². The van der Waals surface area contributed by atoms with Crippen molar-refractivity contribution in [1.82, 2.24) is 24.9 Å². The molecular weight excluding hydrogens is 507 g/mol. The second kappa shape index (κ2) is 12.8. The average molecular weight is 549 g/mol. The van der Waals surface area contributed by atoms with Crippen LogP contribution >= 0.6 is 24.0 Å². The molecule has 3 fully saturated rings. The number of guanidine groups is 1. The molecule has 3 aliphatic rings. The fourth-order valence-electron chi connectivity index (χ4n) is 4.90. The fourth-order valence-corrected chi connectivity index (χ4v) is 4.90. The predicted octanol–water partition coefficient (Wildman–Crippen LogP) is 1.60. The Morgan fingerprint density at radius 3 is 2.23 bits per heavy atom. The van der Waals surface area contributed by atoms with Gasteiger partial charge in [0, 0.05) is 71.9 Å². The number of nitrogens with one attached hydrogen (secondary N) is 1. The maximum Gasteiger partial charge on any atom is 0.239 e. The summed E-state index contributed by atoms with van der Waals surface area (Å²) in [7, 11) is 1.79. The largest absolute Gasteiger partial charge is 0.356 e. The first kappa shape index (κ1) is 26.2. The van der Waals surface area contributed by atoms with Crippen molar-refractivity contribution >= 4 is 41.8 Å². The van der Waals surface area contributed by atoms with Crippen LogP contribution in [0.4, 0.5) is 0 Å². The van der Waals surface area contributed by atoms with Crippen LogP contribution in [0.2, 0.25) is 0 Å². The van der Waals surface area contributed by atoms with Crippen LogP contribution in [0, 0.1) is 0 Å². The zero-order valence-corrected chi connectivity index (χ0v) is 21.8. The van der Waals surface area contributed by atoms with Gasteiger partial charge in [-0.15, -0.1) is 24.0 Å². The number of piperidine rings is 1. The minimum Gasteiger partial charge on any atom is -0.356 e. The third-order valence-corrected chi connectivity index (χ3v) is 6.89. The van der Waals surface area contributed by atoms with Crippen LogP contribution in [0.15, 0.2) is 4.99 Å². The van der Waals surface area contributed by atoms with Crippen LogP contribution in [-0.4, -0.2) is 109 Å². The van der Waals surface area contributed by atoms with Crippen molar-refractivity contribution < 1.29 is 9.59 Å². The summed E-state index contributed by atoms with van der Waals surface area (Å²) in [5.41, 5.74) is 0. The van der Waals surface area contributed by atoms with Crippen LogP contribution in [0.25, 0.3) is 0 Å². The lowest BCUT2D eigenvalue weighted by atomic mass is 10.0. The molecule has 0 bridgehead atoms. The molecular formula is C22H41IN6O2. The Labute approximate surface area is 204 Å². The van der Waals surface area contributed by atoms with Gasteiger partial charge in [-0.2, -0.15) is 0 Å². The number of carbonyl (C=O) groups excluding carboxylic acids is 2. The van der Waals surface area contributed by atoms with Crippen molar-refractivity contribution in [3.05, 3.63) is 0 Å². The molecule has 3 aliphatic heterocycles. The lowest BCUT2D eigenvalue weighted by molar-refractivity contribution is -0.136. The molecule has 1 N–H and O–H groups in total. The van der Waals surface area contributed by atoms with E-state index in [4.69, 9.17) is 0 Å². The first-order chi connectivity index (χ1) is 14.5. The number of nitrogens with zero attached hydrogens (tertiary/aromatic N) is 5. The van der Waals surface area contributed by atoms with Gasteiger partial charge in [-0.1, -0.05) is 0 Å². The summed E-state index contributed by atoms with van der Waals surface area (Å²) in [4.78, 5) is 38.2. The standard InChI is InChI=1S/C22H40N6O2.HI/c1-18-8-4-5-13-28(18)20(29)9-10-24-22(23-3)27-16-14-25(15-17-27)19(2)21(30)26-11-6-7-12-26;/h18-19H,4-17H2,1-3H3,(H,23,24);1H. The van der Waals surface area contributed by atoms with Crippen LogP contribution in [-0.2, 0) is 9.59 Å². The molecule has 2 amide bonds. The highest BCUT2D eigenvalue weighted by Gasteiger charge is 2.30. The molecule has 2 atom stereocenters. The molecule has 8 nitrogen and oxygen atoms in total. The second-order valence-electron chi connectivity index (χ2n) is 8.89. The third-order valence-electron chi connectivity index (χ3n) is 6.89. The maximum atomic E-state index is 12.7. The molecule has 0 aliphatic carbocycles. The highest BCUT2D eigenvalue weighted by molar-refractivity contribution is 14.0. The second-order valence-corrected chi connectivity index (χ2v) is 8.89. The molecule has 3 saturated heterocycles. The van der Waals surface area contributed by atoms with Gasteiger partial charge in [-0.25, -0.2) is 0 Å². The smallest absolute Gasteiger partial charge is 0.239 e. The summed E-state index contributed by atoms with van der Waals surface area (Å²) in [5.74, 6) is 1.37. The van der Waals surface area contributed by atoms with E-state index in [-0.39, 0.29) is 41.8 Å². The quantitative estimate of drug-likeness (QED) is 0.321. The number of halogens is 1. The molecule has 9 heteroatoms. The average Bonchev–Trinajstić information content (AvgIpc) is 3.31. The van der Waals surface area contributed by atoms with Crippen molar-refractivity contribution in [3.8, 4) is 0 Å². The number of hydrogen-bond donors (Lipinski definition) is 1. The van der Waals surface area contributed by atoms with Gasteiger partial charge in [-0.05, 0) is 46.0 Å². The zero-order valence-electron chi connectivity index (χ0n) is 19.5. The van der Waals surface area contributed by atoms with Crippen molar-refractivity contribution in [2.24, 2.45) is 4.99 Å². The summed E-state index contributed by atoms with van der Waals surface area (Å²) < 4.78 is 0. The lowest BCUT2D eigenvalue weighted by Gasteiger charge is -2.39. The summed E-state index contributed by atoms with van der Waals surface area (Å²) in [5, 5.41) is 3.37. The van der Waals surface area contributed by atoms with Gasteiger partial charge < -0.3 is 20.0 Å². The molecule has 0 radical (unpaired) electrons. The van der Waals surface area contributed by atoms with Crippen molar-refractivity contribution in [2.75, 3.05) is 59.4 Å². The summed E-state index contributed by atoms with van der Waals surface area (Å²) in [6.07, 6.45) is 6.23. The normalized spacial score (nSPS) is 24.0. The van der Waals surface area contributed by atoms with E-state index in [0.29, 0.717) is 19.0 Å². The highest BCUT2D eigenvalue weighted by Crippen LogP contribution is 2.17. The number of piperazine rings is 1. The molecule has 3 heterocycles. The number of likely N-dealkylation sites (tertiary alicyclic amines) is 2. The molecule has 0 aromatic rings. The summed E-state index contributed by atoms with van der Waals surface area (Å²) in [6, 6.07) is 0.313. The van der Waals surface area contributed by atoms with E-state index in [2.05, 4.69) is 27.0 Å². The topological polar surface area (TPSA) is 71.5 Å². The van der Waals surface area contributed by atoms with E-state index in [0.717, 1.165) is 77.5 Å². The summed E-state index contributed by atoms with van der Waals surface area (Å²) in [6.45, 7) is 10.9. The van der Waals surface area contributed by atoms with Crippen molar-refractivity contribution in [3.63, 3.8) is 0 Å². The Morgan fingerprint density at radius 1 is 0.968 bits per heavy atom. The van der Waals surface area contributed by atoms with Gasteiger partial charge in [-0.3, -0.25) is 19.5 Å². The summed E-state index contributed by atoms with van der Waals surface area (Å²) >= 11 is 0. The first-order valence-corrected chi connectivity index (χ1v) is 11.8. The van der Waals surface area contributed by atoms with Gasteiger partial charge in [0.15, 0.2) is 5.96 Å². The van der Waals surface area contributed by atoms with Gasteiger partial charge >= 0.3 is 0 Å². The molecule has 0 saturated carbocycles. The maximum absolute atomic E-state index is 12.7. The van der Waals surface area contributed by atoms with E-state index in [1.807, 2.05) is 16.7 Å². The van der Waals surface area contributed by atoms with Gasteiger partial charge in [0.25, 0.3) is 0 Å². The minimum atomic E-state index is -0.0515. The van der Waals surface area contributed by atoms with E-state index in [1.54, 1.807) is 7.05 Å². The monoisotopic (exact) mass is 548 g/mol. The Hall–Kier alpha value is -1.10. The SMILES string of the molecule is CN=C(NCCC(=O)N1CCCCC1C)N1CCN(C(C)C(=O)N2CCCC2)CC1.I. The van der Waals surface area contributed by atoms with Gasteiger partial charge in [0.1, 0.15) is 0 Å². The zero-order chi connectivity index (χ0) is 21.5. The number of aliphatic imine (C=N–C) groups is 1. The van der Waals surface area contributed by atoms with Crippen LogP contribution in [0.1, 0.15) is 52.4 Å². The highest BCUT2D eigenvalue weighted by atomic mass is 127. The van der Waals surface area contributed by atoms with Crippen LogP contribution in [0.5, 0.6) is 0 Å². The van der Waals surface area contributed by atoms with Gasteiger partial charge in [0.2, 0.25) is 11.8 Å². The Morgan fingerprint density at radius 2 is 1.61 bits per heavy atom. The number of carbonyl (C=O) groups is 2. The van der Waals surface area contributed by atoms with Gasteiger partial charge in [0.05, 0.1) is 6.04 Å². The molecule has 178 valence electrons. The van der Waals surface area contributed by atoms with Crippen molar-refractivity contribution in [2.45, 2.75) is 64.5 Å². The molecule has 0 aromatic heterocycles. The van der Waals surface area contributed by atoms with E-state index < -0.39 is 0 Å². The molecule has 3 rings (SSSR count). The fraction of sp³-hybridized carbons (Fsp3) is 0.864. The molecule has 0 spiro atoms. The number of hydrogen-bond acceptors (Lipinski definition) is 4. The third kappa shape index (κ3) is 6.94.